The first-order chi connectivity index (χ1) is 17.2. The maximum Gasteiger partial charge on any atom is 0.362 e. The zero-order chi connectivity index (χ0) is 25.6. The number of H-pyrrole nitrogens is 1. The third-order valence-electron chi connectivity index (χ3n) is 5.29. The summed E-state index contributed by atoms with van der Waals surface area (Å²) in [5.41, 5.74) is -1.65. The normalized spacial score (nSPS) is 12.9. The van der Waals surface area contributed by atoms with E-state index in [4.69, 9.17) is 33.0 Å². The molecule has 0 atom stereocenters. The molecule has 0 radical (unpaired) electrons. The molecule has 1 aliphatic heterocycles. The van der Waals surface area contributed by atoms with E-state index in [-0.39, 0.29) is 27.4 Å². The molecule has 0 fully saturated rings. The van der Waals surface area contributed by atoms with Gasteiger partial charge in [-0.25, -0.2) is 14.6 Å². The topological polar surface area (TPSA) is 147 Å². The number of nitrogens with one attached hydrogen (secondary N) is 1. The van der Waals surface area contributed by atoms with Gasteiger partial charge in [-0.3, -0.25) is 19.5 Å². The van der Waals surface area contributed by atoms with Crippen LogP contribution in [0.25, 0.3) is 5.69 Å². The Kier molecular flexibility index (Phi) is 6.08. The Morgan fingerprint density at radius 1 is 1.14 bits per heavy atom. The Labute approximate surface area is 215 Å². The number of rotatable bonds is 5. The van der Waals surface area contributed by atoms with Gasteiger partial charge in [-0.1, -0.05) is 23.2 Å². The van der Waals surface area contributed by atoms with E-state index in [1.807, 2.05) is 10.4 Å². The Morgan fingerprint density at radius 3 is 2.56 bits per heavy atom. The van der Waals surface area contributed by atoms with E-state index in [9.17, 15) is 19.2 Å². The van der Waals surface area contributed by atoms with Crippen molar-refractivity contribution in [3.63, 3.8) is 0 Å². The molecule has 4 aromatic rings. The number of aromatic carboxylic acids is 1. The number of halogens is 2. The van der Waals surface area contributed by atoms with E-state index in [2.05, 4.69) is 10.1 Å². The van der Waals surface area contributed by atoms with E-state index in [1.165, 1.54) is 23.5 Å². The highest BCUT2D eigenvalue weighted by atomic mass is 35.5. The van der Waals surface area contributed by atoms with Gasteiger partial charge in [-0.05, 0) is 42.3 Å². The molecule has 2 aromatic heterocycles. The molecule has 3 heterocycles. The number of ether oxygens (including phenoxy) is 1. The van der Waals surface area contributed by atoms with Gasteiger partial charge in [0.15, 0.2) is 10.9 Å². The first kappa shape index (κ1) is 23.7. The Bertz CT molecular complexity index is 1630. The molecule has 2 N–H and O–H groups in total. The highest BCUT2D eigenvalue weighted by Crippen LogP contribution is 2.39. The molecular weight excluding hydrogens is 533 g/mol. The van der Waals surface area contributed by atoms with Gasteiger partial charge in [0.1, 0.15) is 5.75 Å². The number of aromatic amines is 1. The summed E-state index contributed by atoms with van der Waals surface area (Å²) in [5.74, 6) is -1.31. The molecule has 11 nitrogen and oxygen atoms in total. The Hall–Kier alpha value is -4.00. The minimum absolute atomic E-state index is 0.00184. The first-order valence-corrected chi connectivity index (χ1v) is 11.8. The summed E-state index contributed by atoms with van der Waals surface area (Å²) in [6, 6.07) is 7.56. The average molecular weight is 546 g/mol. The van der Waals surface area contributed by atoms with Gasteiger partial charge in [-0.2, -0.15) is 9.78 Å². The SMILES string of the molecule is O=C(O)c1nn(-c2cc(Cl)c(Oc3ccc4c(c3)CCN(c3nccs3)C4=O)c(Cl)c2)c(=O)[nH]c1=O. The molecule has 5 rings (SSSR count). The second-order valence-corrected chi connectivity index (χ2v) is 9.19. The molecule has 0 spiro atoms. The largest absolute Gasteiger partial charge is 0.476 e. The second-order valence-electron chi connectivity index (χ2n) is 7.51. The van der Waals surface area contributed by atoms with Gasteiger partial charge in [0, 0.05) is 23.7 Å². The van der Waals surface area contributed by atoms with Crippen LogP contribution in [0.3, 0.4) is 0 Å². The van der Waals surface area contributed by atoms with Gasteiger partial charge in [-0.15, -0.1) is 11.3 Å². The zero-order valence-corrected chi connectivity index (χ0v) is 20.2. The lowest BCUT2D eigenvalue weighted by atomic mass is 9.99. The van der Waals surface area contributed by atoms with Gasteiger partial charge in [0.05, 0.1) is 15.7 Å². The third-order valence-corrected chi connectivity index (χ3v) is 6.64. The number of anilines is 1. The van der Waals surface area contributed by atoms with Crippen molar-refractivity contribution in [2.45, 2.75) is 6.42 Å². The molecule has 0 unspecified atom stereocenters. The number of hydrogen-bond donors (Lipinski definition) is 2. The highest BCUT2D eigenvalue weighted by molar-refractivity contribution is 7.13. The maximum absolute atomic E-state index is 12.9. The number of aromatic nitrogens is 4. The van der Waals surface area contributed by atoms with Crippen LogP contribution >= 0.6 is 34.5 Å². The lowest BCUT2D eigenvalue weighted by Crippen LogP contribution is -2.37. The summed E-state index contributed by atoms with van der Waals surface area (Å²) in [4.78, 5) is 55.6. The summed E-state index contributed by atoms with van der Waals surface area (Å²) in [5, 5.41) is 15.1. The average Bonchev–Trinajstić information content (AvgIpc) is 3.36. The summed E-state index contributed by atoms with van der Waals surface area (Å²) in [6.07, 6.45) is 2.23. The Morgan fingerprint density at radius 2 is 1.89 bits per heavy atom. The molecule has 0 saturated carbocycles. The number of carboxylic acid groups (broad SMARTS) is 1. The number of fused-ring (bicyclic) bond motifs is 1. The molecule has 2 aromatic carbocycles. The van der Waals surface area contributed by atoms with Crippen LogP contribution in [0.2, 0.25) is 10.0 Å². The van der Waals surface area contributed by atoms with Crippen molar-refractivity contribution in [3.05, 3.63) is 89.6 Å². The number of hydrogen-bond acceptors (Lipinski definition) is 8. The first-order valence-electron chi connectivity index (χ1n) is 10.2. The smallest absolute Gasteiger partial charge is 0.362 e. The number of amides is 1. The molecule has 36 heavy (non-hydrogen) atoms. The number of nitrogens with zero attached hydrogens (tertiary/aromatic N) is 4. The molecule has 14 heteroatoms. The highest BCUT2D eigenvalue weighted by Gasteiger charge is 2.27. The van der Waals surface area contributed by atoms with Crippen molar-refractivity contribution < 1.29 is 19.4 Å². The van der Waals surface area contributed by atoms with Crippen LogP contribution < -0.4 is 20.9 Å². The van der Waals surface area contributed by atoms with Crippen LogP contribution in [0.5, 0.6) is 11.5 Å². The fraction of sp³-hybridized carbons (Fsp3) is 0.0909. The number of thiazole rings is 1. The van der Waals surface area contributed by atoms with E-state index in [0.717, 1.165) is 5.56 Å². The zero-order valence-electron chi connectivity index (χ0n) is 17.9. The fourth-order valence-corrected chi connectivity index (χ4v) is 4.88. The van der Waals surface area contributed by atoms with Crippen LogP contribution in [0.4, 0.5) is 5.13 Å². The predicted molar refractivity (Wildman–Crippen MR) is 131 cm³/mol. The van der Waals surface area contributed by atoms with Crippen LogP contribution in [-0.2, 0) is 6.42 Å². The second kappa shape index (κ2) is 9.22. The predicted octanol–water partition coefficient (Wildman–Crippen LogP) is 3.38. The summed E-state index contributed by atoms with van der Waals surface area (Å²) >= 11 is 14.1. The van der Waals surface area contributed by atoms with Gasteiger partial charge in [0.25, 0.3) is 11.5 Å². The van der Waals surface area contributed by atoms with E-state index in [0.29, 0.717) is 34.1 Å². The van der Waals surface area contributed by atoms with Crippen molar-refractivity contribution in [3.8, 4) is 17.2 Å². The van der Waals surface area contributed by atoms with Gasteiger partial charge in [0.2, 0.25) is 5.69 Å². The van der Waals surface area contributed by atoms with Crippen LogP contribution in [0.15, 0.2) is 51.5 Å². The minimum atomic E-state index is -1.61. The van der Waals surface area contributed by atoms with E-state index in [1.54, 1.807) is 29.3 Å². The van der Waals surface area contributed by atoms with Crippen molar-refractivity contribution in [2.75, 3.05) is 11.4 Å². The summed E-state index contributed by atoms with van der Waals surface area (Å²) in [7, 11) is 0. The summed E-state index contributed by atoms with van der Waals surface area (Å²) in [6.45, 7) is 0.470. The third kappa shape index (κ3) is 4.26. The molecular formula is C22H13Cl2N5O6S. The fourth-order valence-electron chi connectivity index (χ4n) is 3.66. The lowest BCUT2D eigenvalue weighted by Gasteiger charge is -2.26. The van der Waals surface area contributed by atoms with Crippen LogP contribution in [0, 0.1) is 0 Å². The molecule has 0 aliphatic carbocycles. The molecule has 0 saturated heterocycles. The standard InChI is InChI=1S/C22H13Cl2N5O6S/c23-14-8-11(29-21(34)26-18(30)16(27-29)20(32)33)9-15(24)17(14)35-12-1-2-13-10(7-12)3-5-28(19(13)31)22-25-4-6-36-22/h1-2,4,6-9H,3,5H2,(H,32,33)(H,26,30,34). The number of carbonyl (C=O) groups excluding carboxylic acids is 1. The number of benzene rings is 2. The Balaban J connectivity index is 1.44. The molecule has 0 bridgehead atoms. The quantitative estimate of drug-likeness (QED) is 0.387. The van der Waals surface area contributed by atoms with E-state index >= 15 is 0 Å². The monoisotopic (exact) mass is 545 g/mol. The summed E-state index contributed by atoms with van der Waals surface area (Å²) < 4.78 is 6.54. The van der Waals surface area contributed by atoms with Crippen molar-refractivity contribution in [1.29, 1.82) is 0 Å². The minimum Gasteiger partial charge on any atom is -0.476 e. The van der Waals surface area contributed by atoms with Crippen LogP contribution in [0.1, 0.15) is 26.4 Å². The maximum atomic E-state index is 12.9. The van der Waals surface area contributed by atoms with Crippen LogP contribution in [-0.4, -0.2) is 43.3 Å². The molecule has 182 valence electrons. The van der Waals surface area contributed by atoms with Crippen molar-refractivity contribution in [2.24, 2.45) is 0 Å². The van der Waals surface area contributed by atoms with Gasteiger partial charge < -0.3 is 9.84 Å². The van der Waals surface area contributed by atoms with Crippen molar-refractivity contribution in [1.82, 2.24) is 19.7 Å². The molecule has 1 aliphatic rings. The number of carboxylic acids is 1. The lowest BCUT2D eigenvalue weighted by molar-refractivity contribution is 0.0685. The van der Waals surface area contributed by atoms with E-state index < -0.39 is 22.9 Å². The van der Waals surface area contributed by atoms with Crippen molar-refractivity contribution >= 4 is 51.5 Å². The van der Waals surface area contributed by atoms with Gasteiger partial charge >= 0.3 is 11.7 Å². The molecule has 1 amide bonds. The number of carbonyl (C=O) groups is 2.